The van der Waals surface area contributed by atoms with Crippen molar-refractivity contribution in [3.63, 3.8) is 0 Å². The van der Waals surface area contributed by atoms with Crippen LogP contribution in [0, 0.1) is 0 Å². The summed E-state index contributed by atoms with van der Waals surface area (Å²) in [5.41, 5.74) is -0.190. The summed E-state index contributed by atoms with van der Waals surface area (Å²) < 4.78 is 6.19. The lowest BCUT2D eigenvalue weighted by Gasteiger charge is -2.08. The zero-order valence-electron chi connectivity index (χ0n) is 11.5. The summed E-state index contributed by atoms with van der Waals surface area (Å²) in [5, 5.41) is 0.174. The van der Waals surface area contributed by atoms with E-state index in [1.807, 2.05) is 6.92 Å². The monoisotopic (exact) mass is 288 g/mol. The molecular formula is C13H21ClN2O3. The standard InChI is InChI=1S/C13H21ClN2O3/c1-3-7-10-11(14)15-13(18)16(12(10)17)8-5-4-6-9-19-2/h3-9H2,1-2H3,(H,15,18). The summed E-state index contributed by atoms with van der Waals surface area (Å²) in [6.07, 6.45) is 4.02. The Kier molecular flexibility index (Phi) is 6.87. The third-order valence-electron chi connectivity index (χ3n) is 2.96. The van der Waals surface area contributed by atoms with Crippen molar-refractivity contribution in [3.05, 3.63) is 31.6 Å². The molecule has 1 N–H and O–H groups in total. The molecule has 0 aliphatic rings. The summed E-state index contributed by atoms with van der Waals surface area (Å²) >= 11 is 5.90. The number of halogens is 1. The van der Waals surface area contributed by atoms with E-state index < -0.39 is 5.69 Å². The van der Waals surface area contributed by atoms with Crippen molar-refractivity contribution in [2.45, 2.75) is 45.6 Å². The molecule has 0 saturated carbocycles. The first kappa shape index (κ1) is 16.0. The minimum absolute atomic E-state index is 0.174. The smallest absolute Gasteiger partial charge is 0.329 e. The molecule has 0 bridgehead atoms. The number of methoxy groups -OCH3 is 1. The molecule has 0 aliphatic carbocycles. The Bertz CT molecular complexity index is 508. The molecule has 19 heavy (non-hydrogen) atoms. The molecule has 1 rings (SSSR count). The van der Waals surface area contributed by atoms with E-state index in [0.29, 0.717) is 25.1 Å². The highest BCUT2D eigenvalue weighted by molar-refractivity contribution is 6.30. The minimum atomic E-state index is -0.429. The first-order chi connectivity index (χ1) is 9.11. The van der Waals surface area contributed by atoms with Gasteiger partial charge in [0.1, 0.15) is 5.15 Å². The van der Waals surface area contributed by atoms with Gasteiger partial charge in [-0.3, -0.25) is 14.3 Å². The Hall–Kier alpha value is -1.07. The van der Waals surface area contributed by atoms with Crippen molar-refractivity contribution in [1.29, 1.82) is 0 Å². The van der Waals surface area contributed by atoms with E-state index in [2.05, 4.69) is 4.98 Å². The number of unbranched alkanes of at least 4 members (excludes halogenated alkanes) is 2. The number of hydrogen-bond acceptors (Lipinski definition) is 3. The fourth-order valence-electron chi connectivity index (χ4n) is 1.95. The molecule has 1 heterocycles. The number of nitrogens with zero attached hydrogens (tertiary/aromatic N) is 1. The van der Waals surface area contributed by atoms with Gasteiger partial charge in [-0.15, -0.1) is 0 Å². The van der Waals surface area contributed by atoms with E-state index in [0.717, 1.165) is 25.7 Å². The molecule has 0 radical (unpaired) electrons. The third kappa shape index (κ3) is 4.51. The second-order valence-corrected chi connectivity index (χ2v) is 4.86. The highest BCUT2D eigenvalue weighted by Crippen LogP contribution is 2.08. The van der Waals surface area contributed by atoms with Crippen LogP contribution in [0.1, 0.15) is 38.2 Å². The third-order valence-corrected chi connectivity index (χ3v) is 3.28. The zero-order valence-corrected chi connectivity index (χ0v) is 12.3. The lowest BCUT2D eigenvalue weighted by atomic mass is 10.2. The predicted octanol–water partition coefficient (Wildman–Crippen LogP) is 1.96. The first-order valence-corrected chi connectivity index (χ1v) is 7.00. The zero-order chi connectivity index (χ0) is 14.3. The van der Waals surface area contributed by atoms with Gasteiger partial charge < -0.3 is 4.74 Å². The van der Waals surface area contributed by atoms with E-state index in [9.17, 15) is 9.59 Å². The molecule has 0 saturated heterocycles. The van der Waals surface area contributed by atoms with Crippen LogP contribution >= 0.6 is 11.6 Å². The van der Waals surface area contributed by atoms with Gasteiger partial charge in [-0.1, -0.05) is 24.9 Å². The van der Waals surface area contributed by atoms with Crippen molar-refractivity contribution < 1.29 is 4.74 Å². The number of aromatic amines is 1. The average Bonchev–Trinajstić information content (AvgIpc) is 2.37. The summed E-state index contributed by atoms with van der Waals surface area (Å²) in [4.78, 5) is 26.4. The van der Waals surface area contributed by atoms with E-state index in [-0.39, 0.29) is 10.7 Å². The number of aromatic nitrogens is 2. The molecular weight excluding hydrogens is 268 g/mol. The Morgan fingerprint density at radius 2 is 2.00 bits per heavy atom. The Balaban J connectivity index is 2.80. The number of nitrogens with one attached hydrogen (secondary N) is 1. The van der Waals surface area contributed by atoms with Gasteiger partial charge in [0.15, 0.2) is 0 Å². The normalized spacial score (nSPS) is 10.9. The molecule has 1 aromatic rings. The Morgan fingerprint density at radius 1 is 1.26 bits per heavy atom. The summed E-state index contributed by atoms with van der Waals surface area (Å²) in [7, 11) is 1.66. The fraction of sp³-hybridized carbons (Fsp3) is 0.692. The topological polar surface area (TPSA) is 64.1 Å². The molecule has 108 valence electrons. The molecule has 0 aliphatic heterocycles. The van der Waals surface area contributed by atoms with Gasteiger partial charge in [0, 0.05) is 20.3 Å². The van der Waals surface area contributed by atoms with Crippen LogP contribution < -0.4 is 11.2 Å². The van der Waals surface area contributed by atoms with Crippen LogP contribution in [0.2, 0.25) is 5.15 Å². The van der Waals surface area contributed by atoms with Crippen molar-refractivity contribution in [2.24, 2.45) is 0 Å². The minimum Gasteiger partial charge on any atom is -0.385 e. The van der Waals surface area contributed by atoms with E-state index in [4.69, 9.17) is 16.3 Å². The SMILES string of the molecule is CCCc1c(Cl)[nH]c(=O)n(CCCCCOC)c1=O. The lowest BCUT2D eigenvalue weighted by molar-refractivity contribution is 0.191. The van der Waals surface area contributed by atoms with Crippen molar-refractivity contribution in [2.75, 3.05) is 13.7 Å². The quantitative estimate of drug-likeness (QED) is 0.587. The second kappa shape index (κ2) is 8.17. The second-order valence-electron chi connectivity index (χ2n) is 4.48. The van der Waals surface area contributed by atoms with Crippen LogP contribution in [0.15, 0.2) is 9.59 Å². The van der Waals surface area contributed by atoms with E-state index in [1.54, 1.807) is 7.11 Å². The molecule has 6 heteroatoms. The van der Waals surface area contributed by atoms with E-state index in [1.165, 1.54) is 4.57 Å². The molecule has 0 spiro atoms. The number of hydrogen-bond donors (Lipinski definition) is 1. The van der Waals surface area contributed by atoms with Gasteiger partial charge in [-0.25, -0.2) is 4.79 Å². The van der Waals surface area contributed by atoms with Gasteiger partial charge in [-0.2, -0.15) is 0 Å². The van der Waals surface area contributed by atoms with Crippen LogP contribution in [-0.4, -0.2) is 23.3 Å². The summed E-state index contributed by atoms with van der Waals surface area (Å²) in [5.74, 6) is 0. The van der Waals surface area contributed by atoms with Gasteiger partial charge in [0.05, 0.1) is 5.56 Å². The molecule has 0 atom stereocenters. The first-order valence-electron chi connectivity index (χ1n) is 6.62. The summed E-state index contributed by atoms with van der Waals surface area (Å²) in [6, 6.07) is 0. The Labute approximate surface area is 117 Å². The van der Waals surface area contributed by atoms with Crippen molar-refractivity contribution in [1.82, 2.24) is 9.55 Å². The van der Waals surface area contributed by atoms with Crippen molar-refractivity contribution in [3.8, 4) is 0 Å². The van der Waals surface area contributed by atoms with Crippen LogP contribution in [0.4, 0.5) is 0 Å². The maximum atomic E-state index is 12.2. The molecule has 0 amide bonds. The molecule has 0 unspecified atom stereocenters. The van der Waals surface area contributed by atoms with Crippen LogP contribution in [0.3, 0.4) is 0 Å². The van der Waals surface area contributed by atoms with Crippen LogP contribution in [-0.2, 0) is 17.7 Å². The predicted molar refractivity (Wildman–Crippen MR) is 76.1 cm³/mol. The molecule has 5 nitrogen and oxygen atoms in total. The maximum absolute atomic E-state index is 12.2. The summed E-state index contributed by atoms with van der Waals surface area (Å²) in [6.45, 7) is 3.09. The fourth-order valence-corrected chi connectivity index (χ4v) is 2.20. The van der Waals surface area contributed by atoms with Gasteiger partial charge in [0.2, 0.25) is 0 Å². The number of ether oxygens (including phenoxy) is 1. The van der Waals surface area contributed by atoms with Crippen molar-refractivity contribution >= 4 is 11.6 Å². The molecule has 1 aromatic heterocycles. The van der Waals surface area contributed by atoms with Gasteiger partial charge in [0.25, 0.3) is 5.56 Å². The van der Waals surface area contributed by atoms with Gasteiger partial charge >= 0.3 is 5.69 Å². The number of H-pyrrole nitrogens is 1. The Morgan fingerprint density at radius 3 is 2.63 bits per heavy atom. The average molecular weight is 289 g/mol. The highest BCUT2D eigenvalue weighted by atomic mass is 35.5. The molecule has 0 fully saturated rings. The van der Waals surface area contributed by atoms with E-state index >= 15 is 0 Å². The number of rotatable bonds is 8. The van der Waals surface area contributed by atoms with Gasteiger partial charge in [-0.05, 0) is 25.7 Å². The molecule has 0 aromatic carbocycles. The maximum Gasteiger partial charge on any atom is 0.329 e. The highest BCUT2D eigenvalue weighted by Gasteiger charge is 2.11. The lowest BCUT2D eigenvalue weighted by Crippen LogP contribution is -2.37. The van der Waals surface area contributed by atoms with Crippen LogP contribution in [0.25, 0.3) is 0 Å². The van der Waals surface area contributed by atoms with Crippen LogP contribution in [0.5, 0.6) is 0 Å². The largest absolute Gasteiger partial charge is 0.385 e.